The summed E-state index contributed by atoms with van der Waals surface area (Å²) in [4.78, 5) is 2.52. The molecule has 55 heavy (non-hydrogen) atoms. The van der Waals surface area contributed by atoms with Gasteiger partial charge in [-0.3, -0.25) is 0 Å². The molecule has 1 aliphatic carbocycles. The lowest BCUT2D eigenvalue weighted by molar-refractivity contribution is 0.559. The highest BCUT2D eigenvalue weighted by Crippen LogP contribution is 2.53. The molecule has 270 valence electrons. The minimum Gasteiger partial charge on any atom is -0.456 e. The molecule has 9 aromatic rings. The van der Waals surface area contributed by atoms with E-state index in [1.54, 1.807) is 0 Å². The van der Waals surface area contributed by atoms with Crippen molar-refractivity contribution < 1.29 is 4.42 Å². The van der Waals surface area contributed by atoms with Gasteiger partial charge in [0.15, 0.2) is 0 Å². The first-order valence-corrected chi connectivity index (χ1v) is 19.7. The fourth-order valence-electron chi connectivity index (χ4n) is 9.46. The van der Waals surface area contributed by atoms with Gasteiger partial charge >= 0.3 is 0 Å². The summed E-state index contributed by atoms with van der Waals surface area (Å²) >= 11 is 0. The third-order valence-corrected chi connectivity index (χ3v) is 12.3. The largest absolute Gasteiger partial charge is 0.456 e. The van der Waals surface area contributed by atoms with Crippen molar-refractivity contribution in [1.82, 2.24) is 0 Å². The highest BCUT2D eigenvalue weighted by atomic mass is 16.3. The average molecular weight is 714 g/mol. The second-order valence-corrected chi connectivity index (χ2v) is 18.2. The molecular formula is C53H47NO. The molecule has 0 radical (unpaired) electrons. The van der Waals surface area contributed by atoms with E-state index >= 15 is 0 Å². The maximum Gasteiger partial charge on any atom is 0.139 e. The van der Waals surface area contributed by atoms with Gasteiger partial charge in [0.2, 0.25) is 0 Å². The predicted octanol–water partition coefficient (Wildman–Crippen LogP) is 15.4. The van der Waals surface area contributed by atoms with Crippen LogP contribution in [0.25, 0.3) is 65.4 Å². The van der Waals surface area contributed by atoms with E-state index in [2.05, 4.69) is 200 Å². The molecule has 1 aromatic heterocycles. The molecule has 2 heteroatoms. The monoisotopic (exact) mass is 713 g/mol. The van der Waals surface area contributed by atoms with Crippen LogP contribution in [0, 0.1) is 0 Å². The molecule has 8 aromatic carbocycles. The number of nitrogens with zero attached hydrogens (tertiary/aromatic N) is 1. The van der Waals surface area contributed by atoms with E-state index in [4.69, 9.17) is 4.42 Å². The first kappa shape index (κ1) is 33.7. The molecule has 0 bridgehead atoms. The van der Waals surface area contributed by atoms with Crippen LogP contribution in [0.2, 0.25) is 0 Å². The summed E-state index contributed by atoms with van der Waals surface area (Å²) in [6.45, 7) is 18.5. The fraction of sp³-hybridized carbons (Fsp3) is 0.208. The van der Waals surface area contributed by atoms with E-state index in [0.717, 1.165) is 39.0 Å². The quantitative estimate of drug-likeness (QED) is 0.170. The van der Waals surface area contributed by atoms with Gasteiger partial charge in [-0.15, -0.1) is 0 Å². The molecule has 0 unspecified atom stereocenters. The summed E-state index contributed by atoms with van der Waals surface area (Å²) in [6, 6.07) is 52.1. The number of rotatable bonds is 3. The Morgan fingerprint density at radius 2 is 1.04 bits per heavy atom. The summed E-state index contributed by atoms with van der Waals surface area (Å²) in [6.07, 6.45) is 0. The standard InChI is InChI=1S/C53H47NO/c1-51(2,3)32-29-41-49-46(25-16-26-47(49)55-50(41)44(30-32)52(4,5)6)54(33-27-28-43-40(31-33)37-20-13-14-23-42(37)53(43,7)8)45-24-15-22-39-36-18-10-9-17-34(36)35-19-11-12-21-38(35)48(39)45/h9-31H,1-8H3. The number of hydrogen-bond donors (Lipinski definition) is 0. The Balaban J connectivity index is 1.37. The molecule has 10 rings (SSSR count). The minimum atomic E-state index is -0.108. The van der Waals surface area contributed by atoms with Gasteiger partial charge in [-0.2, -0.15) is 0 Å². The van der Waals surface area contributed by atoms with E-state index in [1.807, 2.05) is 0 Å². The Morgan fingerprint density at radius 3 is 1.71 bits per heavy atom. The Kier molecular flexibility index (Phi) is 7.09. The van der Waals surface area contributed by atoms with Crippen molar-refractivity contribution in [3.05, 3.63) is 162 Å². The molecule has 0 saturated heterocycles. The second-order valence-electron chi connectivity index (χ2n) is 18.2. The van der Waals surface area contributed by atoms with Crippen molar-refractivity contribution in [3.63, 3.8) is 0 Å². The lowest BCUT2D eigenvalue weighted by atomic mass is 9.79. The zero-order valence-corrected chi connectivity index (χ0v) is 33.1. The van der Waals surface area contributed by atoms with Gasteiger partial charge in [-0.1, -0.05) is 159 Å². The third kappa shape index (κ3) is 4.93. The smallest absolute Gasteiger partial charge is 0.139 e. The van der Waals surface area contributed by atoms with Gasteiger partial charge in [0.1, 0.15) is 11.2 Å². The van der Waals surface area contributed by atoms with Gasteiger partial charge < -0.3 is 9.32 Å². The number of hydrogen-bond acceptors (Lipinski definition) is 2. The van der Waals surface area contributed by atoms with Crippen molar-refractivity contribution in [2.75, 3.05) is 4.90 Å². The molecule has 0 amide bonds. The van der Waals surface area contributed by atoms with E-state index in [1.165, 1.54) is 65.7 Å². The van der Waals surface area contributed by atoms with Crippen molar-refractivity contribution in [2.24, 2.45) is 0 Å². The molecular weight excluding hydrogens is 667 g/mol. The molecule has 1 heterocycles. The first-order valence-electron chi connectivity index (χ1n) is 19.7. The van der Waals surface area contributed by atoms with Gasteiger partial charge in [0, 0.05) is 27.4 Å². The molecule has 2 nitrogen and oxygen atoms in total. The van der Waals surface area contributed by atoms with Crippen LogP contribution >= 0.6 is 0 Å². The van der Waals surface area contributed by atoms with Crippen LogP contribution in [0.3, 0.4) is 0 Å². The van der Waals surface area contributed by atoms with E-state index in [-0.39, 0.29) is 16.2 Å². The van der Waals surface area contributed by atoms with Gasteiger partial charge in [0.05, 0.1) is 16.8 Å². The normalized spacial score (nSPS) is 14.0. The summed E-state index contributed by atoms with van der Waals surface area (Å²) in [5, 5.41) is 9.84. The van der Waals surface area contributed by atoms with Crippen LogP contribution in [0.4, 0.5) is 17.1 Å². The molecule has 1 aliphatic rings. The summed E-state index contributed by atoms with van der Waals surface area (Å²) < 4.78 is 6.98. The molecule has 0 fully saturated rings. The molecule has 0 aliphatic heterocycles. The van der Waals surface area contributed by atoms with Crippen LogP contribution in [-0.4, -0.2) is 0 Å². The van der Waals surface area contributed by atoms with Gasteiger partial charge in [0.25, 0.3) is 0 Å². The van der Waals surface area contributed by atoms with E-state index in [0.29, 0.717) is 0 Å². The maximum absolute atomic E-state index is 6.98. The van der Waals surface area contributed by atoms with Crippen molar-refractivity contribution in [1.29, 1.82) is 0 Å². The summed E-state index contributed by atoms with van der Waals surface area (Å²) in [5.41, 5.74) is 12.9. The molecule has 0 atom stereocenters. The Morgan fingerprint density at radius 1 is 0.473 bits per heavy atom. The summed E-state index contributed by atoms with van der Waals surface area (Å²) in [7, 11) is 0. The number of anilines is 3. The Hall–Kier alpha value is -5.86. The zero-order chi connectivity index (χ0) is 38.0. The SMILES string of the molecule is CC(C)(C)c1cc(C(C)(C)C)c2oc3cccc(N(c4ccc5c(c4)-c4ccccc4C5(C)C)c4cccc5c6ccccc6c6ccccc6c45)c3c2c1. The predicted molar refractivity (Wildman–Crippen MR) is 236 cm³/mol. The Bertz CT molecular complexity index is 2990. The Labute approximate surface area is 324 Å². The number of benzene rings is 8. The van der Waals surface area contributed by atoms with Crippen molar-refractivity contribution in [2.45, 2.75) is 71.6 Å². The second kappa shape index (κ2) is 11.6. The van der Waals surface area contributed by atoms with E-state index < -0.39 is 0 Å². The van der Waals surface area contributed by atoms with Crippen LogP contribution in [-0.2, 0) is 16.2 Å². The van der Waals surface area contributed by atoms with Crippen LogP contribution in [0.5, 0.6) is 0 Å². The van der Waals surface area contributed by atoms with Crippen molar-refractivity contribution in [3.8, 4) is 11.1 Å². The maximum atomic E-state index is 6.98. The van der Waals surface area contributed by atoms with Gasteiger partial charge in [-0.25, -0.2) is 0 Å². The lowest BCUT2D eigenvalue weighted by Gasteiger charge is -2.29. The molecule has 0 spiro atoms. The van der Waals surface area contributed by atoms with Crippen LogP contribution in [0.15, 0.2) is 144 Å². The minimum absolute atomic E-state index is 0.0395. The number of furan rings is 1. The highest BCUT2D eigenvalue weighted by molar-refractivity contribution is 6.29. The average Bonchev–Trinajstić information content (AvgIpc) is 3.66. The molecule has 0 saturated carbocycles. The third-order valence-electron chi connectivity index (χ3n) is 12.3. The topological polar surface area (TPSA) is 16.4 Å². The van der Waals surface area contributed by atoms with Gasteiger partial charge in [-0.05, 0) is 102 Å². The summed E-state index contributed by atoms with van der Waals surface area (Å²) in [5.74, 6) is 0. The molecule has 0 N–H and O–H groups in total. The van der Waals surface area contributed by atoms with Crippen LogP contribution < -0.4 is 4.90 Å². The van der Waals surface area contributed by atoms with E-state index in [9.17, 15) is 0 Å². The fourth-order valence-corrected chi connectivity index (χ4v) is 9.46. The first-order chi connectivity index (χ1) is 26.3. The van der Waals surface area contributed by atoms with Crippen LogP contribution in [0.1, 0.15) is 77.6 Å². The highest BCUT2D eigenvalue weighted by Gasteiger charge is 2.36. The zero-order valence-electron chi connectivity index (χ0n) is 33.1. The number of fused-ring (bicyclic) bond motifs is 12. The van der Waals surface area contributed by atoms with Crippen molar-refractivity contribution >= 4 is 71.3 Å². The lowest BCUT2D eigenvalue weighted by Crippen LogP contribution is -2.16.